The lowest BCUT2D eigenvalue weighted by molar-refractivity contribution is -0.439. The molecular weight excluding hydrogens is 256 g/mol. The Morgan fingerprint density at radius 3 is 2.17 bits per heavy atom. The van der Waals surface area contributed by atoms with Crippen LogP contribution in [0.4, 0.5) is 5.69 Å². The summed E-state index contributed by atoms with van der Waals surface area (Å²) in [6.07, 6.45) is 1.45. The Kier molecular flexibility index (Phi) is 4.07. The molecule has 1 atom stereocenters. The minimum Gasteiger partial charge on any atom is -0.872 e. The molecule has 0 spiro atoms. The first-order valence-corrected chi connectivity index (χ1v) is 7.03. The molecule has 98 valence electrons. The number of non-ortho nitro benzene ring substituents is 1. The van der Waals surface area contributed by atoms with E-state index >= 15 is 0 Å². The van der Waals surface area contributed by atoms with E-state index in [4.69, 9.17) is 0 Å². The summed E-state index contributed by atoms with van der Waals surface area (Å²) in [6, 6.07) is 5.19. The SMILES string of the molecule is C[N+](C)=S(C)(=O)/C=C(\[O-])c1ccc([N+](=O)[O-])cc1. The van der Waals surface area contributed by atoms with Crippen molar-refractivity contribution in [2.75, 3.05) is 20.4 Å². The Morgan fingerprint density at radius 1 is 1.28 bits per heavy atom. The average Bonchev–Trinajstić information content (AvgIpc) is 2.28. The molecule has 0 heterocycles. The summed E-state index contributed by atoms with van der Waals surface area (Å²) < 4.78 is 13.4. The predicted octanol–water partition coefficient (Wildman–Crippen LogP) is 0.623. The van der Waals surface area contributed by atoms with Gasteiger partial charge in [-0.2, -0.15) is 3.95 Å². The van der Waals surface area contributed by atoms with Crippen molar-refractivity contribution in [3.63, 3.8) is 0 Å². The van der Waals surface area contributed by atoms with Crippen molar-refractivity contribution in [2.45, 2.75) is 0 Å². The van der Waals surface area contributed by atoms with Crippen LogP contribution in [0.3, 0.4) is 0 Å². The van der Waals surface area contributed by atoms with Crippen LogP contribution in [0.25, 0.3) is 5.76 Å². The van der Waals surface area contributed by atoms with Gasteiger partial charge < -0.3 is 5.11 Å². The number of hydrogen-bond donors (Lipinski definition) is 0. The highest BCUT2D eigenvalue weighted by molar-refractivity contribution is 7.93. The Hall–Kier alpha value is -1.89. The molecule has 1 aromatic carbocycles. The molecule has 0 aromatic heterocycles. The van der Waals surface area contributed by atoms with Gasteiger partial charge in [0.05, 0.1) is 11.2 Å². The first-order chi connectivity index (χ1) is 8.24. The fourth-order valence-corrected chi connectivity index (χ4v) is 1.86. The number of nitrogens with zero attached hydrogens (tertiary/aromatic N) is 2. The molecule has 0 saturated heterocycles. The smallest absolute Gasteiger partial charge is 0.269 e. The molecule has 0 fully saturated rings. The number of hydrogen-bond acceptors (Lipinski definition) is 4. The number of nitro benzene ring substituents is 1. The number of nitro groups is 1. The standard InChI is InChI=1S/C11H14N2O4S/c1-12(2)18(3,17)8-11(14)9-4-6-10(7-5-9)13(15)16/h4-8H,1-3H3. The molecule has 0 bridgehead atoms. The first-order valence-electron chi connectivity index (χ1n) is 5.04. The van der Waals surface area contributed by atoms with Gasteiger partial charge in [-0.15, -0.1) is 0 Å². The zero-order valence-corrected chi connectivity index (χ0v) is 11.1. The van der Waals surface area contributed by atoms with Gasteiger partial charge in [-0.05, 0) is 17.7 Å². The van der Waals surface area contributed by atoms with E-state index in [1.807, 2.05) is 0 Å². The molecule has 0 aliphatic rings. The maximum Gasteiger partial charge on any atom is 0.269 e. The summed E-state index contributed by atoms with van der Waals surface area (Å²) in [6.45, 7) is 0. The van der Waals surface area contributed by atoms with Gasteiger partial charge in [0.1, 0.15) is 14.1 Å². The minimum atomic E-state index is -2.50. The number of benzene rings is 1. The van der Waals surface area contributed by atoms with Gasteiger partial charge in [-0.3, -0.25) is 10.1 Å². The monoisotopic (exact) mass is 270 g/mol. The molecular formula is C11H14N2O4S. The van der Waals surface area contributed by atoms with E-state index in [0.29, 0.717) is 0 Å². The van der Waals surface area contributed by atoms with Crippen LogP contribution in [0.2, 0.25) is 0 Å². The maximum absolute atomic E-state index is 12.0. The molecule has 0 N–H and O–H groups in total. The Labute approximate surface area is 106 Å². The molecule has 18 heavy (non-hydrogen) atoms. The van der Waals surface area contributed by atoms with E-state index in [1.54, 1.807) is 14.1 Å². The second kappa shape index (κ2) is 5.18. The van der Waals surface area contributed by atoms with Gasteiger partial charge in [0.2, 0.25) is 0 Å². The fourth-order valence-electron chi connectivity index (χ4n) is 1.12. The van der Waals surface area contributed by atoms with E-state index < -0.39 is 20.4 Å². The summed E-state index contributed by atoms with van der Waals surface area (Å²) in [7, 11) is 0.729. The van der Waals surface area contributed by atoms with Crippen LogP contribution >= 0.6 is 0 Å². The molecule has 0 aliphatic heterocycles. The topological polar surface area (TPSA) is 86.3 Å². The van der Waals surface area contributed by atoms with Crippen molar-refractivity contribution in [2.24, 2.45) is 0 Å². The molecule has 0 radical (unpaired) electrons. The number of rotatable bonds is 3. The van der Waals surface area contributed by atoms with Gasteiger partial charge in [0.25, 0.3) is 5.69 Å². The van der Waals surface area contributed by atoms with Crippen LogP contribution < -0.4 is 5.11 Å². The van der Waals surface area contributed by atoms with Crippen molar-refractivity contribution < 1.29 is 18.2 Å². The van der Waals surface area contributed by atoms with Gasteiger partial charge in [0, 0.05) is 17.5 Å². The van der Waals surface area contributed by atoms with Gasteiger partial charge in [-0.25, -0.2) is 4.21 Å². The second-order valence-corrected chi connectivity index (χ2v) is 6.65. The summed E-state index contributed by atoms with van der Waals surface area (Å²) >= 11 is 0. The van der Waals surface area contributed by atoms with Crippen LogP contribution in [-0.2, 0) is 9.73 Å². The lowest BCUT2D eigenvalue weighted by atomic mass is 10.2. The van der Waals surface area contributed by atoms with Crippen molar-refractivity contribution in [1.29, 1.82) is 0 Å². The molecule has 0 amide bonds. The average molecular weight is 270 g/mol. The van der Waals surface area contributed by atoms with Gasteiger partial charge in [0.15, 0.2) is 9.73 Å². The van der Waals surface area contributed by atoms with E-state index in [-0.39, 0.29) is 11.3 Å². The van der Waals surface area contributed by atoms with Gasteiger partial charge in [-0.1, -0.05) is 5.76 Å². The Morgan fingerprint density at radius 2 is 1.78 bits per heavy atom. The van der Waals surface area contributed by atoms with Gasteiger partial charge >= 0.3 is 0 Å². The summed E-state index contributed by atoms with van der Waals surface area (Å²) in [5.74, 6) is -0.411. The fraction of sp³-hybridized carbons (Fsp3) is 0.273. The normalized spacial score (nSPS) is 14.9. The Balaban J connectivity index is 3.17. The lowest BCUT2D eigenvalue weighted by Gasteiger charge is -2.11. The molecule has 1 aromatic rings. The van der Waals surface area contributed by atoms with Crippen molar-refractivity contribution >= 4 is 21.2 Å². The largest absolute Gasteiger partial charge is 0.872 e. The third-order valence-corrected chi connectivity index (χ3v) is 4.51. The zero-order valence-electron chi connectivity index (χ0n) is 10.3. The minimum absolute atomic E-state index is 0.0867. The summed E-state index contributed by atoms with van der Waals surface area (Å²) in [4.78, 5) is 9.92. The predicted molar refractivity (Wildman–Crippen MR) is 67.2 cm³/mol. The molecule has 6 nitrogen and oxygen atoms in total. The van der Waals surface area contributed by atoms with Crippen LogP contribution in [-0.4, -0.2) is 33.4 Å². The van der Waals surface area contributed by atoms with Crippen molar-refractivity contribution in [3.8, 4) is 0 Å². The first kappa shape index (κ1) is 14.2. The maximum atomic E-state index is 12.0. The highest BCUT2D eigenvalue weighted by Gasteiger charge is 2.06. The third-order valence-electron chi connectivity index (χ3n) is 2.41. The van der Waals surface area contributed by atoms with Crippen LogP contribution in [0.1, 0.15) is 5.56 Å². The molecule has 1 unspecified atom stereocenters. The zero-order chi connectivity index (χ0) is 13.9. The Bertz CT molecular complexity index is 606. The van der Waals surface area contributed by atoms with E-state index in [1.165, 1.54) is 34.5 Å². The van der Waals surface area contributed by atoms with E-state index in [0.717, 1.165) is 5.41 Å². The molecule has 7 heteroatoms. The molecule has 0 aliphatic carbocycles. The third kappa shape index (κ3) is 3.30. The van der Waals surface area contributed by atoms with Crippen molar-refractivity contribution in [3.05, 3.63) is 45.4 Å². The quantitative estimate of drug-likeness (QED) is 0.349. The van der Waals surface area contributed by atoms with Crippen LogP contribution in [0, 0.1) is 10.1 Å². The highest BCUT2D eigenvalue weighted by Crippen LogP contribution is 2.16. The highest BCUT2D eigenvalue weighted by atomic mass is 32.2. The molecule has 1 rings (SSSR count). The second-order valence-electron chi connectivity index (χ2n) is 3.96. The van der Waals surface area contributed by atoms with E-state index in [9.17, 15) is 19.4 Å². The lowest BCUT2D eigenvalue weighted by Crippen LogP contribution is -2.12. The summed E-state index contributed by atoms with van der Waals surface area (Å²) in [5.41, 5.74) is 0.188. The van der Waals surface area contributed by atoms with Crippen molar-refractivity contribution in [1.82, 2.24) is 0 Å². The van der Waals surface area contributed by atoms with E-state index in [2.05, 4.69) is 0 Å². The molecule has 0 saturated carbocycles. The summed E-state index contributed by atoms with van der Waals surface area (Å²) in [5, 5.41) is 23.4. The van der Waals surface area contributed by atoms with Crippen LogP contribution in [0.5, 0.6) is 0 Å². The van der Waals surface area contributed by atoms with Crippen LogP contribution in [0.15, 0.2) is 29.7 Å².